The van der Waals surface area contributed by atoms with Gasteiger partial charge in [-0.1, -0.05) is 0 Å². The van der Waals surface area contributed by atoms with Crippen LogP contribution in [0, 0.1) is 0 Å². The van der Waals surface area contributed by atoms with E-state index < -0.39 is 15.7 Å². The fourth-order valence-corrected chi connectivity index (χ4v) is 4.19. The third kappa shape index (κ3) is 4.51. The van der Waals surface area contributed by atoms with Gasteiger partial charge < -0.3 is 19.9 Å². The first-order valence-corrected chi connectivity index (χ1v) is 10.9. The first-order chi connectivity index (χ1) is 14.8. The van der Waals surface area contributed by atoms with Crippen LogP contribution in [0.3, 0.4) is 0 Å². The van der Waals surface area contributed by atoms with Crippen molar-refractivity contribution < 1.29 is 13.2 Å². The molecule has 0 bridgehead atoms. The molecule has 2 aromatic heterocycles. The Morgan fingerprint density at radius 1 is 1.10 bits per heavy atom. The van der Waals surface area contributed by atoms with Gasteiger partial charge in [0.05, 0.1) is 15.9 Å². The minimum atomic E-state index is -3.87. The van der Waals surface area contributed by atoms with E-state index in [1.807, 2.05) is 17.8 Å². The smallest absolute Gasteiger partial charge is 0.323 e. The predicted molar refractivity (Wildman–Crippen MR) is 115 cm³/mol. The molecule has 2 heterocycles. The quantitative estimate of drug-likeness (QED) is 0.343. The van der Waals surface area contributed by atoms with Crippen LogP contribution in [0.4, 0.5) is 5.69 Å². The van der Waals surface area contributed by atoms with E-state index in [4.69, 9.17) is 0 Å². The Morgan fingerprint density at radius 3 is 2.55 bits per heavy atom. The fraction of sp³-hybridized carbons (Fsp3) is 0.150. The zero-order valence-corrected chi connectivity index (χ0v) is 17.4. The molecule has 0 radical (unpaired) electrons. The highest BCUT2D eigenvalue weighted by Gasteiger charge is 2.16. The average molecular weight is 440 g/mol. The van der Waals surface area contributed by atoms with Crippen LogP contribution in [0.25, 0.3) is 11.0 Å². The molecule has 4 aromatic rings. The van der Waals surface area contributed by atoms with Crippen molar-refractivity contribution in [2.75, 3.05) is 11.3 Å². The van der Waals surface area contributed by atoms with Gasteiger partial charge in [-0.05, 0) is 42.5 Å². The van der Waals surface area contributed by atoms with Crippen molar-refractivity contribution >= 4 is 32.7 Å². The van der Waals surface area contributed by atoms with Crippen LogP contribution in [0.2, 0.25) is 0 Å². The lowest BCUT2D eigenvalue weighted by molar-refractivity contribution is 0.0954. The van der Waals surface area contributed by atoms with Crippen molar-refractivity contribution in [1.29, 1.82) is 0 Å². The van der Waals surface area contributed by atoms with Crippen LogP contribution in [-0.2, 0) is 23.5 Å². The SMILES string of the molecule is Cn1ccnc1CCNC(=O)c1ccc(NS(=O)(=O)c2ccc3[nH]c(=O)[nH]c3c2)cc1. The van der Waals surface area contributed by atoms with Crippen LogP contribution >= 0.6 is 0 Å². The van der Waals surface area contributed by atoms with Crippen molar-refractivity contribution in [2.24, 2.45) is 7.05 Å². The number of carbonyl (C=O) groups is 1. The molecule has 160 valence electrons. The van der Waals surface area contributed by atoms with Crippen molar-refractivity contribution in [2.45, 2.75) is 11.3 Å². The molecule has 0 saturated carbocycles. The standard InChI is InChI=1S/C20H20N6O4S/c1-26-11-10-21-18(26)8-9-22-19(27)13-2-4-14(5-3-13)25-31(29,30)15-6-7-16-17(12-15)24-20(28)23-16/h2-7,10-12,25H,8-9H2,1H3,(H,22,27)(H2,23,24,28). The van der Waals surface area contributed by atoms with Crippen LogP contribution in [0.5, 0.6) is 0 Å². The summed E-state index contributed by atoms with van der Waals surface area (Å²) in [6, 6.07) is 10.4. The molecule has 31 heavy (non-hydrogen) atoms. The Kier molecular flexibility index (Phi) is 5.34. The number of rotatable bonds is 7. The molecule has 0 aliphatic rings. The van der Waals surface area contributed by atoms with Gasteiger partial charge in [0, 0.05) is 43.7 Å². The minimum absolute atomic E-state index is 0.00588. The van der Waals surface area contributed by atoms with E-state index in [0.29, 0.717) is 35.2 Å². The number of amides is 1. The number of benzene rings is 2. The zero-order valence-electron chi connectivity index (χ0n) is 16.5. The number of aromatic nitrogens is 4. The number of sulfonamides is 1. The number of carbonyl (C=O) groups excluding carboxylic acids is 1. The molecular formula is C20H20N6O4S. The molecule has 0 fully saturated rings. The van der Waals surface area contributed by atoms with Gasteiger partial charge in [-0.25, -0.2) is 18.2 Å². The summed E-state index contributed by atoms with van der Waals surface area (Å²) < 4.78 is 29.7. The number of hydrogen-bond donors (Lipinski definition) is 4. The molecule has 2 aromatic carbocycles. The predicted octanol–water partition coefficient (Wildman–Crippen LogP) is 1.36. The molecule has 0 atom stereocenters. The lowest BCUT2D eigenvalue weighted by atomic mass is 10.2. The molecule has 4 rings (SSSR count). The Labute approximate surface area is 177 Å². The van der Waals surface area contributed by atoms with Gasteiger partial charge in [-0.3, -0.25) is 9.52 Å². The maximum Gasteiger partial charge on any atom is 0.323 e. The van der Waals surface area contributed by atoms with Crippen LogP contribution < -0.4 is 15.7 Å². The summed E-state index contributed by atoms with van der Waals surface area (Å²) >= 11 is 0. The molecule has 0 spiro atoms. The second kappa shape index (κ2) is 8.11. The van der Waals surface area contributed by atoms with E-state index in [2.05, 4.69) is 25.0 Å². The second-order valence-corrected chi connectivity index (χ2v) is 8.61. The summed E-state index contributed by atoms with van der Waals surface area (Å²) in [5.41, 5.74) is 1.22. The summed E-state index contributed by atoms with van der Waals surface area (Å²) in [5, 5.41) is 2.81. The third-order valence-corrected chi connectivity index (χ3v) is 6.13. The summed E-state index contributed by atoms with van der Waals surface area (Å²) in [4.78, 5) is 32.9. The van der Waals surface area contributed by atoms with Crippen LogP contribution in [0.1, 0.15) is 16.2 Å². The van der Waals surface area contributed by atoms with Gasteiger partial charge in [0.1, 0.15) is 5.82 Å². The molecule has 1 amide bonds. The fourth-order valence-electron chi connectivity index (χ4n) is 3.11. The highest BCUT2D eigenvalue weighted by atomic mass is 32.2. The van der Waals surface area contributed by atoms with E-state index in [9.17, 15) is 18.0 Å². The number of hydrogen-bond acceptors (Lipinski definition) is 5. The first kappa shape index (κ1) is 20.4. The third-order valence-electron chi connectivity index (χ3n) is 4.75. The maximum atomic E-state index is 12.7. The van der Waals surface area contributed by atoms with Gasteiger partial charge in [-0.2, -0.15) is 0 Å². The molecular weight excluding hydrogens is 420 g/mol. The normalized spacial score (nSPS) is 11.5. The number of fused-ring (bicyclic) bond motifs is 1. The highest BCUT2D eigenvalue weighted by molar-refractivity contribution is 7.92. The maximum absolute atomic E-state index is 12.7. The van der Waals surface area contributed by atoms with Crippen molar-refractivity contribution in [3.8, 4) is 0 Å². The van der Waals surface area contributed by atoms with E-state index in [1.165, 1.54) is 30.3 Å². The molecule has 0 aliphatic heterocycles. The van der Waals surface area contributed by atoms with E-state index >= 15 is 0 Å². The van der Waals surface area contributed by atoms with Gasteiger partial charge in [-0.15, -0.1) is 0 Å². The van der Waals surface area contributed by atoms with Gasteiger partial charge in [0.15, 0.2) is 0 Å². The number of aryl methyl sites for hydroxylation is 1. The van der Waals surface area contributed by atoms with Crippen molar-refractivity contribution in [1.82, 2.24) is 24.8 Å². The van der Waals surface area contributed by atoms with Gasteiger partial charge in [0.2, 0.25) is 0 Å². The Balaban J connectivity index is 1.40. The Bertz CT molecular complexity index is 1400. The zero-order chi connectivity index (χ0) is 22.0. The number of nitrogens with zero attached hydrogens (tertiary/aromatic N) is 2. The van der Waals surface area contributed by atoms with E-state index in [0.717, 1.165) is 5.82 Å². The molecule has 4 N–H and O–H groups in total. The lowest BCUT2D eigenvalue weighted by Crippen LogP contribution is -2.26. The van der Waals surface area contributed by atoms with E-state index in [-0.39, 0.29) is 10.8 Å². The van der Waals surface area contributed by atoms with Gasteiger partial charge >= 0.3 is 5.69 Å². The number of H-pyrrole nitrogens is 2. The number of aromatic amines is 2. The number of nitrogens with one attached hydrogen (secondary N) is 4. The topological polar surface area (TPSA) is 142 Å². The largest absolute Gasteiger partial charge is 0.352 e. The monoisotopic (exact) mass is 440 g/mol. The van der Waals surface area contributed by atoms with E-state index in [1.54, 1.807) is 18.3 Å². The molecule has 10 nitrogen and oxygen atoms in total. The summed E-state index contributed by atoms with van der Waals surface area (Å²) in [6.45, 7) is 0.432. The number of imidazole rings is 2. The summed E-state index contributed by atoms with van der Waals surface area (Å²) in [5.74, 6) is 0.609. The summed E-state index contributed by atoms with van der Waals surface area (Å²) in [7, 11) is -1.98. The Hall–Kier alpha value is -3.86. The molecule has 11 heteroatoms. The Morgan fingerprint density at radius 2 is 1.84 bits per heavy atom. The van der Waals surface area contributed by atoms with Crippen LogP contribution in [-0.4, -0.2) is 40.4 Å². The lowest BCUT2D eigenvalue weighted by Gasteiger charge is -2.09. The number of anilines is 1. The average Bonchev–Trinajstić information content (AvgIpc) is 3.31. The molecule has 0 unspecified atom stereocenters. The summed E-state index contributed by atoms with van der Waals surface area (Å²) in [6.07, 6.45) is 4.14. The minimum Gasteiger partial charge on any atom is -0.352 e. The van der Waals surface area contributed by atoms with Crippen molar-refractivity contribution in [3.05, 3.63) is 76.7 Å². The highest BCUT2D eigenvalue weighted by Crippen LogP contribution is 2.19. The van der Waals surface area contributed by atoms with Crippen molar-refractivity contribution in [3.63, 3.8) is 0 Å². The molecule has 0 saturated heterocycles. The first-order valence-electron chi connectivity index (χ1n) is 9.41. The van der Waals surface area contributed by atoms with Crippen LogP contribution in [0.15, 0.2) is 64.5 Å². The molecule has 0 aliphatic carbocycles. The second-order valence-electron chi connectivity index (χ2n) is 6.93. The van der Waals surface area contributed by atoms with Gasteiger partial charge in [0.25, 0.3) is 15.9 Å².